The molecule has 0 aromatic heterocycles. The summed E-state index contributed by atoms with van der Waals surface area (Å²) in [6, 6.07) is 6.00. The third-order valence-electron chi connectivity index (χ3n) is 3.97. The van der Waals surface area contributed by atoms with E-state index in [1.807, 2.05) is 5.43 Å². The molecule has 130 valence electrons. The van der Waals surface area contributed by atoms with Gasteiger partial charge in [0.05, 0.1) is 12.8 Å². The Labute approximate surface area is 131 Å². The minimum Gasteiger partial charge on any atom is -0.746 e. The number of nitrogens with zero attached hydrogens (tertiary/aromatic N) is 1. The number of hydrogen-bond donors (Lipinski definition) is 1. The number of anilines is 1. The largest absolute Gasteiger partial charge is 0.746 e. The van der Waals surface area contributed by atoms with Crippen LogP contribution in [-0.2, 0) is 10.1 Å². The number of ether oxygens (including phenoxy) is 1. The molecule has 2 unspecified atom stereocenters. The number of hydrazine groups is 1. The van der Waals surface area contributed by atoms with E-state index in [0.29, 0.717) is 11.4 Å². The zero-order valence-corrected chi connectivity index (χ0v) is 13.2. The van der Waals surface area contributed by atoms with Crippen molar-refractivity contribution in [1.29, 1.82) is 0 Å². The second-order valence-electron chi connectivity index (χ2n) is 5.21. The minimum atomic E-state index is -5.69. The molecule has 2 atom stereocenters. The molecule has 1 aliphatic heterocycles. The molecule has 0 spiro atoms. The van der Waals surface area contributed by atoms with Crippen molar-refractivity contribution in [2.24, 2.45) is 5.92 Å². The second kappa shape index (κ2) is 5.84. The summed E-state index contributed by atoms with van der Waals surface area (Å²) in [4.78, 5) is -3.53. The monoisotopic (exact) mass is 353 g/mol. The molecule has 23 heavy (non-hydrogen) atoms. The van der Waals surface area contributed by atoms with E-state index in [2.05, 4.69) is 0 Å². The first kappa shape index (κ1) is 17.8. The zero-order chi connectivity index (χ0) is 17.5. The average Bonchev–Trinajstić information content (AvgIpc) is 2.87. The molecule has 0 amide bonds. The maximum absolute atomic E-state index is 13.5. The number of benzene rings is 1. The summed E-state index contributed by atoms with van der Waals surface area (Å²) >= 11 is 0. The predicted octanol–water partition coefficient (Wildman–Crippen LogP) is 1.85. The molecule has 2 rings (SSSR count). The van der Waals surface area contributed by atoms with Crippen LogP contribution in [-0.4, -0.2) is 37.7 Å². The molecule has 6 nitrogen and oxygen atoms in total. The van der Waals surface area contributed by atoms with E-state index in [9.17, 15) is 26.1 Å². The Kier molecular flexibility index (Phi) is 4.53. The molecule has 1 aliphatic rings. The predicted molar refractivity (Wildman–Crippen MR) is 75.7 cm³/mol. The van der Waals surface area contributed by atoms with E-state index in [4.69, 9.17) is 4.74 Å². The lowest BCUT2D eigenvalue weighted by atomic mass is 9.98. The normalized spacial score (nSPS) is 25.7. The summed E-state index contributed by atoms with van der Waals surface area (Å²) < 4.78 is 79.8. The molecule has 0 radical (unpaired) electrons. The van der Waals surface area contributed by atoms with Crippen molar-refractivity contribution in [2.75, 3.05) is 18.7 Å². The summed E-state index contributed by atoms with van der Waals surface area (Å²) in [5.74, 6) is -0.925. The molecule has 1 aromatic rings. The summed E-state index contributed by atoms with van der Waals surface area (Å²) in [5, 5.41) is 1.04. The van der Waals surface area contributed by atoms with Crippen LogP contribution >= 0.6 is 0 Å². The SMILES string of the molecule is CCC1CN(c2ccc(OC)cc2)NC1(C(F)(F)F)S(=O)(=O)[O-]. The lowest BCUT2D eigenvalue weighted by Gasteiger charge is -2.38. The van der Waals surface area contributed by atoms with Crippen LogP contribution in [0.1, 0.15) is 13.3 Å². The summed E-state index contributed by atoms with van der Waals surface area (Å²) in [5.41, 5.74) is 2.21. The maximum Gasteiger partial charge on any atom is 0.421 e. The van der Waals surface area contributed by atoms with Crippen LogP contribution in [0.3, 0.4) is 0 Å². The number of hydrogen-bond acceptors (Lipinski definition) is 6. The number of nitrogens with one attached hydrogen (secondary N) is 1. The lowest BCUT2D eigenvalue weighted by Crippen LogP contribution is -2.64. The van der Waals surface area contributed by atoms with Gasteiger partial charge in [-0.3, -0.25) is 0 Å². The minimum absolute atomic E-state index is 0.124. The highest BCUT2D eigenvalue weighted by Gasteiger charge is 2.68. The number of alkyl halides is 3. The van der Waals surface area contributed by atoms with Gasteiger partial charge < -0.3 is 14.3 Å². The third kappa shape index (κ3) is 2.86. The Morgan fingerprint density at radius 3 is 2.30 bits per heavy atom. The first-order valence-electron chi connectivity index (χ1n) is 6.78. The van der Waals surface area contributed by atoms with Gasteiger partial charge >= 0.3 is 6.18 Å². The molecular weight excluding hydrogens is 337 g/mol. The van der Waals surface area contributed by atoms with Gasteiger partial charge in [-0.05, 0) is 30.7 Å². The van der Waals surface area contributed by atoms with Gasteiger partial charge in [0.15, 0.2) is 0 Å². The summed E-state index contributed by atoms with van der Waals surface area (Å²) in [6.45, 7) is 1.15. The van der Waals surface area contributed by atoms with Gasteiger partial charge in [-0.25, -0.2) is 13.8 Å². The Morgan fingerprint density at radius 2 is 1.96 bits per heavy atom. The molecule has 0 saturated carbocycles. The summed E-state index contributed by atoms with van der Waals surface area (Å²) in [7, 11) is -4.25. The van der Waals surface area contributed by atoms with Gasteiger partial charge in [0.2, 0.25) is 4.87 Å². The van der Waals surface area contributed by atoms with E-state index >= 15 is 0 Å². The molecular formula is C13H16F3N2O4S-. The third-order valence-corrected chi connectivity index (χ3v) is 5.42. The van der Waals surface area contributed by atoms with Crippen LogP contribution in [0.2, 0.25) is 0 Å². The van der Waals surface area contributed by atoms with Gasteiger partial charge in [-0.15, -0.1) is 0 Å². The van der Waals surface area contributed by atoms with Crippen LogP contribution in [0.5, 0.6) is 5.75 Å². The Bertz CT molecular complexity index is 663. The maximum atomic E-state index is 13.5. The smallest absolute Gasteiger partial charge is 0.421 e. The molecule has 1 fully saturated rings. The quantitative estimate of drug-likeness (QED) is 0.832. The topological polar surface area (TPSA) is 81.7 Å². The van der Waals surface area contributed by atoms with Crippen molar-refractivity contribution < 1.29 is 30.9 Å². The number of rotatable bonds is 4. The standard InChI is InChI=1S/C13H17F3N2O4S/c1-3-9-8-18(10-4-6-11(22-2)7-5-10)17-12(9,13(14,15)16)23(19,20)21/h4-7,9,17H,3,8H2,1-2H3,(H,19,20,21)/p-1. The highest BCUT2D eigenvalue weighted by atomic mass is 32.2. The zero-order valence-electron chi connectivity index (χ0n) is 12.4. The van der Waals surface area contributed by atoms with E-state index in [1.165, 1.54) is 38.3 Å². The van der Waals surface area contributed by atoms with Crippen molar-refractivity contribution >= 4 is 15.8 Å². The van der Waals surface area contributed by atoms with Crippen LogP contribution in [0.4, 0.5) is 18.9 Å². The van der Waals surface area contributed by atoms with Crippen molar-refractivity contribution in [3.8, 4) is 5.75 Å². The Morgan fingerprint density at radius 1 is 1.39 bits per heavy atom. The molecule has 1 saturated heterocycles. The fourth-order valence-electron chi connectivity index (χ4n) is 2.73. The molecule has 0 aliphatic carbocycles. The first-order chi connectivity index (χ1) is 10.6. The van der Waals surface area contributed by atoms with E-state index in [1.54, 1.807) is 0 Å². The van der Waals surface area contributed by atoms with Crippen LogP contribution < -0.4 is 15.2 Å². The van der Waals surface area contributed by atoms with E-state index in [-0.39, 0.29) is 13.0 Å². The van der Waals surface area contributed by atoms with Crippen molar-refractivity contribution in [3.05, 3.63) is 24.3 Å². The van der Waals surface area contributed by atoms with Gasteiger partial charge in [-0.2, -0.15) is 13.2 Å². The fourth-order valence-corrected chi connectivity index (χ4v) is 3.89. The molecule has 1 heterocycles. The number of methoxy groups -OCH3 is 1. The van der Waals surface area contributed by atoms with Crippen molar-refractivity contribution in [3.63, 3.8) is 0 Å². The summed E-state index contributed by atoms with van der Waals surface area (Å²) in [6.07, 6.45) is -5.36. The van der Waals surface area contributed by atoms with E-state index < -0.39 is 27.1 Å². The average molecular weight is 353 g/mol. The van der Waals surface area contributed by atoms with Crippen LogP contribution in [0.25, 0.3) is 0 Å². The molecule has 10 heteroatoms. The van der Waals surface area contributed by atoms with Gasteiger partial charge in [-0.1, -0.05) is 6.92 Å². The van der Waals surface area contributed by atoms with Crippen LogP contribution in [0.15, 0.2) is 24.3 Å². The van der Waals surface area contributed by atoms with Crippen LogP contribution in [0, 0.1) is 5.92 Å². The molecule has 1 aromatic carbocycles. The molecule has 0 bridgehead atoms. The van der Waals surface area contributed by atoms with Gasteiger partial charge in [0, 0.05) is 12.5 Å². The highest BCUT2D eigenvalue weighted by molar-refractivity contribution is 7.87. The van der Waals surface area contributed by atoms with E-state index in [0.717, 1.165) is 5.01 Å². The first-order valence-corrected chi connectivity index (χ1v) is 8.19. The second-order valence-corrected chi connectivity index (χ2v) is 6.77. The van der Waals surface area contributed by atoms with Crippen molar-refractivity contribution in [2.45, 2.75) is 24.4 Å². The number of halogens is 3. The van der Waals surface area contributed by atoms with Gasteiger partial charge in [0.1, 0.15) is 15.9 Å². The Balaban J connectivity index is 2.46. The lowest BCUT2D eigenvalue weighted by molar-refractivity contribution is -0.177. The fraction of sp³-hybridized carbons (Fsp3) is 0.538. The Hall–Kier alpha value is -1.52. The highest BCUT2D eigenvalue weighted by Crippen LogP contribution is 2.46. The molecule has 1 N–H and O–H groups in total. The van der Waals surface area contributed by atoms with Crippen molar-refractivity contribution in [1.82, 2.24) is 5.43 Å². The van der Waals surface area contributed by atoms with Gasteiger partial charge in [0.25, 0.3) is 0 Å².